The molecule has 0 radical (unpaired) electrons. The molecule has 0 fully saturated rings. The molecule has 0 saturated carbocycles. The molecule has 0 saturated heterocycles. The quantitative estimate of drug-likeness (QED) is 0.0197. The Morgan fingerprint density at radius 3 is 1.12 bits per heavy atom. The lowest BCUT2D eigenvalue weighted by Crippen LogP contribution is -2.30. The SMILES string of the molecule is CCCC/C=C\CCCCCCCC(=O)OC(COC(=O)CCCCCCC/C=C\CCCCCCCC)COP(=O)(O)OCC(CO)OC(=O)CCCCCCCCCCCCC. The molecule has 376 valence electrons. The normalized spacial score (nSPS) is 13.6. The zero-order chi connectivity index (χ0) is 47.0. The molecular formula is C52H97O11P. The van der Waals surface area contributed by atoms with E-state index >= 15 is 0 Å². The van der Waals surface area contributed by atoms with Crippen molar-refractivity contribution in [3.8, 4) is 0 Å². The predicted molar refractivity (Wildman–Crippen MR) is 261 cm³/mol. The second kappa shape index (κ2) is 47.5. The molecule has 0 aliphatic carbocycles. The Labute approximate surface area is 391 Å². The number of rotatable bonds is 49. The van der Waals surface area contributed by atoms with Crippen LogP contribution in [0.5, 0.6) is 0 Å². The summed E-state index contributed by atoms with van der Waals surface area (Å²) in [5.74, 6) is -1.47. The van der Waals surface area contributed by atoms with E-state index in [0.29, 0.717) is 19.3 Å². The monoisotopic (exact) mass is 929 g/mol. The summed E-state index contributed by atoms with van der Waals surface area (Å²) in [4.78, 5) is 48.2. The van der Waals surface area contributed by atoms with Crippen molar-refractivity contribution >= 4 is 25.7 Å². The number of esters is 3. The molecule has 0 heterocycles. The molecule has 0 spiro atoms. The minimum Gasteiger partial charge on any atom is -0.462 e. The maximum Gasteiger partial charge on any atom is 0.472 e. The van der Waals surface area contributed by atoms with Crippen LogP contribution in [0.1, 0.15) is 252 Å². The van der Waals surface area contributed by atoms with Crippen LogP contribution in [-0.2, 0) is 42.2 Å². The van der Waals surface area contributed by atoms with Crippen molar-refractivity contribution in [2.45, 2.75) is 264 Å². The number of phosphoric acid groups is 1. The second-order valence-corrected chi connectivity index (χ2v) is 19.1. The van der Waals surface area contributed by atoms with Gasteiger partial charge in [-0.05, 0) is 64.2 Å². The van der Waals surface area contributed by atoms with E-state index in [2.05, 4.69) is 45.1 Å². The summed E-state index contributed by atoms with van der Waals surface area (Å²) >= 11 is 0. The number of carbonyl (C=O) groups excluding carboxylic acids is 3. The van der Waals surface area contributed by atoms with Gasteiger partial charge in [0.1, 0.15) is 12.7 Å². The van der Waals surface area contributed by atoms with Gasteiger partial charge in [0.25, 0.3) is 0 Å². The van der Waals surface area contributed by atoms with Crippen molar-refractivity contribution in [3.05, 3.63) is 24.3 Å². The molecule has 0 bridgehead atoms. The highest BCUT2D eigenvalue weighted by atomic mass is 31.2. The summed E-state index contributed by atoms with van der Waals surface area (Å²) in [5.41, 5.74) is 0. The van der Waals surface area contributed by atoms with Crippen molar-refractivity contribution in [2.24, 2.45) is 0 Å². The van der Waals surface area contributed by atoms with Crippen LogP contribution in [0, 0.1) is 0 Å². The second-order valence-electron chi connectivity index (χ2n) is 17.7. The van der Waals surface area contributed by atoms with Gasteiger partial charge in [0, 0.05) is 19.3 Å². The van der Waals surface area contributed by atoms with E-state index in [1.807, 2.05) is 0 Å². The Kier molecular flexibility index (Phi) is 45.9. The van der Waals surface area contributed by atoms with Crippen molar-refractivity contribution in [1.29, 1.82) is 0 Å². The van der Waals surface area contributed by atoms with Gasteiger partial charge >= 0.3 is 25.7 Å². The lowest BCUT2D eigenvalue weighted by Gasteiger charge is -2.21. The summed E-state index contributed by atoms with van der Waals surface area (Å²) in [7, 11) is -4.73. The molecule has 0 aromatic heterocycles. The van der Waals surface area contributed by atoms with Gasteiger partial charge in [0.15, 0.2) is 6.10 Å². The number of carbonyl (C=O) groups is 3. The van der Waals surface area contributed by atoms with Crippen LogP contribution < -0.4 is 0 Å². The Bertz CT molecular complexity index is 1180. The third kappa shape index (κ3) is 45.1. The van der Waals surface area contributed by atoms with Crippen molar-refractivity contribution in [2.75, 3.05) is 26.4 Å². The standard InChI is InChI=1S/C52H97O11P/c1-4-7-10-13-16-19-22-23-24-25-28-29-32-35-38-41-50(54)59-45-49(63-52(56)43-40-37-34-31-27-21-18-15-12-9-6-3)47-61-64(57,58)60-46-48(44-53)62-51(55)42-39-36-33-30-26-20-17-14-11-8-5-2/h15,18,23-24,48-49,53H,4-14,16-17,19-22,25-47H2,1-3H3,(H,57,58)/b18-15-,24-23-. The first-order valence-electron chi connectivity index (χ1n) is 26.2. The summed E-state index contributed by atoms with van der Waals surface area (Å²) in [6, 6.07) is 0. The summed E-state index contributed by atoms with van der Waals surface area (Å²) < 4.78 is 39.3. The van der Waals surface area contributed by atoms with Crippen LogP contribution in [0.15, 0.2) is 24.3 Å². The lowest BCUT2D eigenvalue weighted by atomic mass is 10.1. The van der Waals surface area contributed by atoms with Gasteiger partial charge in [-0.3, -0.25) is 23.4 Å². The van der Waals surface area contributed by atoms with Crippen LogP contribution in [0.25, 0.3) is 0 Å². The average molecular weight is 929 g/mol. The van der Waals surface area contributed by atoms with Crippen LogP contribution in [0.3, 0.4) is 0 Å². The summed E-state index contributed by atoms with van der Waals surface area (Å²) in [5, 5.41) is 9.75. The van der Waals surface area contributed by atoms with Gasteiger partial charge in [-0.25, -0.2) is 4.57 Å². The lowest BCUT2D eigenvalue weighted by molar-refractivity contribution is -0.161. The molecule has 0 aliphatic rings. The smallest absolute Gasteiger partial charge is 0.462 e. The minimum absolute atomic E-state index is 0.159. The van der Waals surface area contributed by atoms with Gasteiger partial charge in [0.05, 0.1) is 19.8 Å². The van der Waals surface area contributed by atoms with E-state index in [4.69, 9.17) is 23.3 Å². The number of aliphatic hydroxyl groups is 1. The molecule has 0 amide bonds. The molecule has 0 aromatic rings. The summed E-state index contributed by atoms with van der Waals surface area (Å²) in [6.07, 6.45) is 44.3. The summed E-state index contributed by atoms with van der Waals surface area (Å²) in [6.45, 7) is 4.58. The number of aliphatic hydroxyl groups excluding tert-OH is 1. The molecule has 0 aromatic carbocycles. The first-order chi connectivity index (χ1) is 31.2. The van der Waals surface area contributed by atoms with Crippen LogP contribution >= 0.6 is 7.82 Å². The Morgan fingerprint density at radius 2 is 0.734 bits per heavy atom. The number of allylic oxidation sites excluding steroid dienone is 4. The van der Waals surface area contributed by atoms with Crippen LogP contribution in [0.4, 0.5) is 0 Å². The molecule has 0 aliphatic heterocycles. The minimum atomic E-state index is -4.73. The zero-order valence-corrected chi connectivity index (χ0v) is 42.2. The molecule has 64 heavy (non-hydrogen) atoms. The topological polar surface area (TPSA) is 155 Å². The van der Waals surface area contributed by atoms with Gasteiger partial charge < -0.3 is 24.2 Å². The van der Waals surface area contributed by atoms with E-state index < -0.39 is 57.8 Å². The van der Waals surface area contributed by atoms with E-state index in [-0.39, 0.29) is 25.9 Å². The molecule has 0 rings (SSSR count). The van der Waals surface area contributed by atoms with Crippen molar-refractivity contribution in [3.63, 3.8) is 0 Å². The third-order valence-electron chi connectivity index (χ3n) is 11.3. The number of hydrogen-bond donors (Lipinski definition) is 2. The van der Waals surface area contributed by atoms with Gasteiger partial charge in [-0.2, -0.15) is 0 Å². The van der Waals surface area contributed by atoms with Crippen molar-refractivity contribution < 1.29 is 52.2 Å². The maximum absolute atomic E-state index is 12.8. The van der Waals surface area contributed by atoms with E-state index in [9.17, 15) is 28.9 Å². The Balaban J connectivity index is 4.71. The van der Waals surface area contributed by atoms with E-state index in [1.54, 1.807) is 0 Å². The fraction of sp³-hybridized carbons (Fsp3) is 0.865. The zero-order valence-electron chi connectivity index (χ0n) is 41.3. The highest BCUT2D eigenvalue weighted by molar-refractivity contribution is 7.47. The Morgan fingerprint density at radius 1 is 0.422 bits per heavy atom. The molecular weight excluding hydrogens is 832 g/mol. The largest absolute Gasteiger partial charge is 0.472 e. The predicted octanol–water partition coefficient (Wildman–Crippen LogP) is 14.7. The van der Waals surface area contributed by atoms with E-state index in [1.165, 1.54) is 96.3 Å². The molecule has 11 nitrogen and oxygen atoms in total. The molecule has 12 heteroatoms. The maximum atomic E-state index is 12.8. The molecule has 3 unspecified atom stereocenters. The first kappa shape index (κ1) is 62.0. The highest BCUT2D eigenvalue weighted by Gasteiger charge is 2.28. The van der Waals surface area contributed by atoms with Crippen LogP contribution in [-0.4, -0.2) is 66.5 Å². The van der Waals surface area contributed by atoms with Gasteiger partial charge in [-0.1, -0.05) is 193 Å². The van der Waals surface area contributed by atoms with Gasteiger partial charge in [-0.15, -0.1) is 0 Å². The number of unbranched alkanes of at least 4 members (excludes halogenated alkanes) is 28. The highest BCUT2D eigenvalue weighted by Crippen LogP contribution is 2.43. The number of ether oxygens (including phenoxy) is 3. The van der Waals surface area contributed by atoms with Gasteiger partial charge in [0.2, 0.25) is 0 Å². The molecule has 3 atom stereocenters. The first-order valence-corrected chi connectivity index (χ1v) is 27.7. The molecule has 2 N–H and O–H groups in total. The number of hydrogen-bond acceptors (Lipinski definition) is 10. The average Bonchev–Trinajstić information content (AvgIpc) is 3.28. The van der Waals surface area contributed by atoms with Crippen molar-refractivity contribution in [1.82, 2.24) is 0 Å². The van der Waals surface area contributed by atoms with Crippen LogP contribution in [0.2, 0.25) is 0 Å². The fourth-order valence-electron chi connectivity index (χ4n) is 7.27. The van der Waals surface area contributed by atoms with E-state index in [0.717, 1.165) is 96.3 Å². The Hall–Kier alpha value is -2.04. The number of phosphoric ester groups is 1. The fourth-order valence-corrected chi connectivity index (χ4v) is 8.06. The third-order valence-corrected chi connectivity index (χ3v) is 12.3.